The van der Waals surface area contributed by atoms with Crippen LogP contribution in [0.3, 0.4) is 0 Å². The first-order valence-electron chi connectivity index (χ1n) is 13.8. The molecule has 0 saturated carbocycles. The zero-order chi connectivity index (χ0) is 32.6. The van der Waals surface area contributed by atoms with Gasteiger partial charge in [-0.3, -0.25) is 13.9 Å². The van der Waals surface area contributed by atoms with Gasteiger partial charge < -0.3 is 24.4 Å². The maximum Gasteiger partial charge on any atom is 0.264 e. The number of nitrogens with zero attached hydrogens (tertiary/aromatic N) is 2. The number of sulfonamides is 1. The highest BCUT2D eigenvalue weighted by Gasteiger charge is 2.33. The lowest BCUT2D eigenvalue weighted by Gasteiger charge is -2.32. The Bertz CT molecular complexity index is 1550. The maximum absolute atomic E-state index is 14.2. The maximum atomic E-state index is 14.2. The van der Waals surface area contributed by atoms with Gasteiger partial charge in [0.1, 0.15) is 18.3 Å². The van der Waals surface area contributed by atoms with Crippen molar-refractivity contribution in [3.8, 4) is 17.2 Å². The molecule has 10 nitrogen and oxygen atoms in total. The number of hydrogen-bond donors (Lipinski definition) is 1. The highest BCUT2D eigenvalue weighted by atomic mass is 35.5. The molecule has 3 aromatic rings. The predicted molar refractivity (Wildman–Crippen MR) is 171 cm³/mol. The van der Waals surface area contributed by atoms with E-state index in [9.17, 15) is 18.0 Å². The smallest absolute Gasteiger partial charge is 0.264 e. The molecule has 0 fully saturated rings. The van der Waals surface area contributed by atoms with Crippen LogP contribution in [0, 0.1) is 0 Å². The van der Waals surface area contributed by atoms with Gasteiger partial charge in [-0.05, 0) is 76.2 Å². The summed E-state index contributed by atoms with van der Waals surface area (Å²) in [5, 5.41) is 3.40. The number of nitrogens with one attached hydrogen (secondary N) is 1. The van der Waals surface area contributed by atoms with Gasteiger partial charge >= 0.3 is 0 Å². The molecule has 0 aromatic heterocycles. The van der Waals surface area contributed by atoms with Gasteiger partial charge in [-0.2, -0.15) is 0 Å². The van der Waals surface area contributed by atoms with E-state index < -0.39 is 34.4 Å². The lowest BCUT2D eigenvalue weighted by atomic mass is 10.1. The summed E-state index contributed by atoms with van der Waals surface area (Å²) in [4.78, 5) is 28.4. The second kappa shape index (κ2) is 15.4. The van der Waals surface area contributed by atoms with Crippen LogP contribution in [-0.2, 0) is 26.2 Å². The minimum Gasteiger partial charge on any atom is -0.494 e. The molecule has 0 radical (unpaired) electrons. The average Bonchev–Trinajstić information content (AvgIpc) is 2.99. The molecule has 0 bridgehead atoms. The Labute approximate surface area is 268 Å². The van der Waals surface area contributed by atoms with Crippen LogP contribution in [0.25, 0.3) is 0 Å². The number of anilines is 1. The number of halogens is 2. The van der Waals surface area contributed by atoms with Gasteiger partial charge in [-0.25, -0.2) is 8.42 Å². The van der Waals surface area contributed by atoms with E-state index in [2.05, 4.69) is 5.32 Å². The zero-order valence-corrected chi connectivity index (χ0v) is 27.8. The molecule has 0 aliphatic rings. The van der Waals surface area contributed by atoms with Crippen molar-refractivity contribution in [3.05, 3.63) is 76.3 Å². The Balaban J connectivity index is 2.12. The van der Waals surface area contributed by atoms with Gasteiger partial charge in [-0.1, -0.05) is 29.3 Å². The molecule has 2 amide bonds. The van der Waals surface area contributed by atoms with E-state index >= 15 is 0 Å². The van der Waals surface area contributed by atoms with Crippen LogP contribution in [0.2, 0.25) is 10.0 Å². The molecule has 3 rings (SSSR count). The lowest BCUT2D eigenvalue weighted by Crippen LogP contribution is -2.52. The summed E-state index contributed by atoms with van der Waals surface area (Å²) in [6.45, 7) is 6.61. The summed E-state index contributed by atoms with van der Waals surface area (Å²) < 4.78 is 45.5. The van der Waals surface area contributed by atoms with Crippen LogP contribution in [0.5, 0.6) is 17.2 Å². The molecule has 0 aliphatic carbocycles. The second-order valence-corrected chi connectivity index (χ2v) is 12.7. The van der Waals surface area contributed by atoms with Crippen LogP contribution in [0.1, 0.15) is 33.3 Å². The van der Waals surface area contributed by atoms with Gasteiger partial charge in [0.25, 0.3) is 10.0 Å². The summed E-state index contributed by atoms with van der Waals surface area (Å²) in [6, 6.07) is 14.2. The third kappa shape index (κ3) is 8.28. The summed E-state index contributed by atoms with van der Waals surface area (Å²) in [5.41, 5.74) is 0.621. The number of ether oxygens (including phenoxy) is 3. The van der Waals surface area contributed by atoms with Crippen LogP contribution < -0.4 is 23.8 Å². The van der Waals surface area contributed by atoms with Crippen LogP contribution >= 0.6 is 23.2 Å². The topological polar surface area (TPSA) is 114 Å². The van der Waals surface area contributed by atoms with Crippen molar-refractivity contribution >= 4 is 50.7 Å². The quantitative estimate of drug-likeness (QED) is 0.240. The monoisotopic (exact) mass is 665 g/mol. The fourth-order valence-corrected chi connectivity index (χ4v) is 6.30. The van der Waals surface area contributed by atoms with Gasteiger partial charge in [-0.15, -0.1) is 0 Å². The molecular formula is C31H37Cl2N3O7S. The van der Waals surface area contributed by atoms with Gasteiger partial charge in [0.2, 0.25) is 11.8 Å². The largest absolute Gasteiger partial charge is 0.494 e. The van der Waals surface area contributed by atoms with E-state index in [0.717, 1.165) is 4.31 Å². The number of methoxy groups -OCH3 is 2. The molecule has 1 N–H and O–H groups in total. The van der Waals surface area contributed by atoms with E-state index in [1.54, 1.807) is 63.2 Å². The van der Waals surface area contributed by atoms with E-state index in [1.165, 1.54) is 37.3 Å². The molecule has 3 aromatic carbocycles. The van der Waals surface area contributed by atoms with Gasteiger partial charge in [0, 0.05) is 34.3 Å². The minimum atomic E-state index is -4.36. The number of rotatable bonds is 14. The Hall–Kier alpha value is -3.67. The minimum absolute atomic E-state index is 0.136. The summed E-state index contributed by atoms with van der Waals surface area (Å²) in [6.07, 6.45) is 0. The summed E-state index contributed by atoms with van der Waals surface area (Å²) in [7, 11) is -1.53. The first-order valence-corrected chi connectivity index (χ1v) is 16.0. The lowest BCUT2D eigenvalue weighted by molar-refractivity contribution is -0.139. The fourth-order valence-electron chi connectivity index (χ4n) is 4.35. The molecule has 13 heteroatoms. The van der Waals surface area contributed by atoms with Crippen molar-refractivity contribution in [3.63, 3.8) is 0 Å². The molecule has 0 unspecified atom stereocenters. The molecule has 0 aliphatic heterocycles. The number of benzene rings is 3. The molecule has 0 spiro atoms. The Morgan fingerprint density at radius 1 is 0.909 bits per heavy atom. The first-order chi connectivity index (χ1) is 20.8. The summed E-state index contributed by atoms with van der Waals surface area (Å²) >= 11 is 12.9. The van der Waals surface area contributed by atoms with Crippen LogP contribution in [0.15, 0.2) is 65.6 Å². The number of carbonyl (C=O) groups is 2. The second-order valence-electron chi connectivity index (χ2n) is 10.0. The average molecular weight is 667 g/mol. The molecule has 0 saturated heterocycles. The Morgan fingerprint density at radius 2 is 1.52 bits per heavy atom. The Kier molecular flexibility index (Phi) is 12.2. The number of amides is 2. The van der Waals surface area contributed by atoms with E-state index in [-0.39, 0.29) is 28.9 Å². The number of hydrogen-bond acceptors (Lipinski definition) is 7. The summed E-state index contributed by atoms with van der Waals surface area (Å²) in [5.74, 6) is -0.0272. The molecular weight excluding hydrogens is 629 g/mol. The van der Waals surface area contributed by atoms with Crippen molar-refractivity contribution < 1.29 is 32.2 Å². The van der Waals surface area contributed by atoms with Crippen molar-refractivity contribution in [2.24, 2.45) is 0 Å². The predicted octanol–water partition coefficient (Wildman–Crippen LogP) is 5.55. The Morgan fingerprint density at radius 3 is 2.07 bits per heavy atom. The van der Waals surface area contributed by atoms with E-state index in [1.807, 2.05) is 6.92 Å². The van der Waals surface area contributed by atoms with Gasteiger partial charge in [0.05, 0.1) is 31.4 Å². The van der Waals surface area contributed by atoms with Crippen LogP contribution in [-0.4, -0.2) is 64.6 Å². The van der Waals surface area contributed by atoms with E-state index in [4.69, 9.17) is 37.4 Å². The normalized spacial score (nSPS) is 11.9. The molecule has 0 heterocycles. The SMILES string of the molecule is CCOc1ccc(N(CC(=O)N(Cc2c(Cl)cccc2Cl)[C@H](C)C(=O)NC(C)C)S(=O)(=O)c2ccc(OC)c(OC)c2)cc1. The zero-order valence-electron chi connectivity index (χ0n) is 25.5. The molecule has 44 heavy (non-hydrogen) atoms. The van der Waals surface area contributed by atoms with Crippen LogP contribution in [0.4, 0.5) is 5.69 Å². The van der Waals surface area contributed by atoms with Gasteiger partial charge in [0.15, 0.2) is 11.5 Å². The highest BCUT2D eigenvalue weighted by Crippen LogP contribution is 2.33. The third-order valence-corrected chi connectivity index (χ3v) is 9.12. The fraction of sp³-hybridized carbons (Fsp3) is 0.355. The standard InChI is InChI=1S/C31H37Cl2N3O7S/c1-7-43-23-13-11-22(12-14-23)36(44(39,40)24-15-16-28(41-5)29(17-24)42-6)19-30(37)35(21(4)31(38)34-20(2)3)18-25-26(32)9-8-10-27(25)33/h8-17,20-21H,7,18-19H2,1-6H3,(H,34,38)/t21-/m1/s1. The van der Waals surface area contributed by atoms with Crippen molar-refractivity contribution in [1.29, 1.82) is 0 Å². The molecule has 238 valence electrons. The third-order valence-electron chi connectivity index (χ3n) is 6.65. The van der Waals surface area contributed by atoms with Crippen molar-refractivity contribution in [1.82, 2.24) is 10.2 Å². The van der Waals surface area contributed by atoms with Crippen molar-refractivity contribution in [2.45, 2.75) is 51.2 Å². The van der Waals surface area contributed by atoms with E-state index in [0.29, 0.717) is 33.7 Å². The number of carbonyl (C=O) groups excluding carboxylic acids is 2. The molecule has 1 atom stereocenters. The van der Waals surface area contributed by atoms with Crippen molar-refractivity contribution in [2.75, 3.05) is 31.7 Å². The first kappa shape index (κ1) is 34.8. The highest BCUT2D eigenvalue weighted by molar-refractivity contribution is 7.92.